The summed E-state index contributed by atoms with van der Waals surface area (Å²) >= 11 is 0. The maximum atomic E-state index is 14.2. The Kier molecular flexibility index (Phi) is 5.92. The zero-order valence-corrected chi connectivity index (χ0v) is 13.0. The largest absolute Gasteiger partial charge is 0.464 e. The van der Waals surface area contributed by atoms with Crippen molar-refractivity contribution in [2.75, 3.05) is 7.11 Å². The minimum atomic E-state index is -5.07. The molecule has 0 amide bonds. The number of methoxy groups -OCH3 is 1. The van der Waals surface area contributed by atoms with Crippen molar-refractivity contribution in [3.63, 3.8) is 0 Å². The number of alkyl halides is 5. The SMILES string of the molecule is COC(=O)c1c(F)c(S(=O)(=O)N[C@H](C)C(F)(F)F)cn1CC(F)F. The van der Waals surface area contributed by atoms with Crippen molar-refractivity contribution in [2.45, 2.75) is 37.0 Å². The van der Waals surface area contributed by atoms with Gasteiger partial charge in [0.05, 0.1) is 13.7 Å². The van der Waals surface area contributed by atoms with Crippen molar-refractivity contribution in [1.82, 2.24) is 9.29 Å². The molecule has 1 N–H and O–H groups in total. The number of nitrogens with one attached hydrogen (secondary N) is 1. The minimum Gasteiger partial charge on any atom is -0.464 e. The summed E-state index contributed by atoms with van der Waals surface area (Å²) in [7, 11) is -4.28. The van der Waals surface area contributed by atoms with Crippen LogP contribution in [0.5, 0.6) is 0 Å². The lowest BCUT2D eigenvalue weighted by molar-refractivity contribution is -0.147. The summed E-state index contributed by atoms with van der Waals surface area (Å²) in [5.41, 5.74) is -1.14. The summed E-state index contributed by atoms with van der Waals surface area (Å²) in [5.74, 6) is -3.25. The topological polar surface area (TPSA) is 77.4 Å². The van der Waals surface area contributed by atoms with Crippen molar-refractivity contribution >= 4 is 16.0 Å². The summed E-state index contributed by atoms with van der Waals surface area (Å²) < 4.78 is 106. The molecule has 1 heterocycles. The van der Waals surface area contributed by atoms with Crippen molar-refractivity contribution in [1.29, 1.82) is 0 Å². The number of carbonyl (C=O) groups excluding carboxylic acids is 1. The summed E-state index contributed by atoms with van der Waals surface area (Å²) in [6.45, 7) is -0.793. The highest BCUT2D eigenvalue weighted by Crippen LogP contribution is 2.25. The molecule has 13 heteroatoms. The van der Waals surface area contributed by atoms with Gasteiger partial charge in [0, 0.05) is 6.20 Å². The Morgan fingerprint density at radius 2 is 1.92 bits per heavy atom. The fourth-order valence-corrected chi connectivity index (χ4v) is 2.98. The van der Waals surface area contributed by atoms with Crippen LogP contribution in [0.4, 0.5) is 26.3 Å². The maximum Gasteiger partial charge on any atom is 0.404 e. The smallest absolute Gasteiger partial charge is 0.404 e. The van der Waals surface area contributed by atoms with Gasteiger partial charge in [-0.15, -0.1) is 0 Å². The third-order valence-electron chi connectivity index (χ3n) is 2.81. The molecule has 0 unspecified atom stereocenters. The Morgan fingerprint density at radius 1 is 1.38 bits per heavy atom. The number of rotatable bonds is 6. The molecule has 1 atom stereocenters. The van der Waals surface area contributed by atoms with Crippen LogP contribution in [-0.2, 0) is 21.3 Å². The Morgan fingerprint density at radius 3 is 2.33 bits per heavy atom. The first-order chi connectivity index (χ1) is 10.8. The van der Waals surface area contributed by atoms with Gasteiger partial charge in [0.25, 0.3) is 6.43 Å². The fourth-order valence-electron chi connectivity index (χ4n) is 1.65. The quantitative estimate of drug-likeness (QED) is 0.602. The minimum absolute atomic E-state index is 0.263. The van der Waals surface area contributed by atoms with Crippen molar-refractivity contribution < 1.29 is 44.3 Å². The molecule has 0 spiro atoms. The van der Waals surface area contributed by atoms with E-state index in [1.165, 1.54) is 0 Å². The number of halogens is 6. The van der Waals surface area contributed by atoms with Crippen LogP contribution in [0, 0.1) is 5.82 Å². The van der Waals surface area contributed by atoms with E-state index in [1.54, 1.807) is 0 Å². The van der Waals surface area contributed by atoms with Crippen molar-refractivity contribution in [3.8, 4) is 0 Å². The van der Waals surface area contributed by atoms with E-state index in [9.17, 15) is 39.6 Å². The lowest BCUT2D eigenvalue weighted by Crippen LogP contribution is -2.43. The second-order valence-electron chi connectivity index (χ2n) is 4.58. The van der Waals surface area contributed by atoms with E-state index in [4.69, 9.17) is 0 Å². The molecule has 0 bridgehead atoms. The monoisotopic (exact) mass is 382 g/mol. The normalized spacial score (nSPS) is 14.0. The summed E-state index contributed by atoms with van der Waals surface area (Å²) in [4.78, 5) is 10.1. The molecule has 0 aliphatic heterocycles. The Bertz CT molecular complexity index is 713. The van der Waals surface area contributed by atoms with Crippen molar-refractivity contribution in [3.05, 3.63) is 17.7 Å². The van der Waals surface area contributed by atoms with Gasteiger partial charge in [0.2, 0.25) is 10.0 Å². The highest BCUT2D eigenvalue weighted by Gasteiger charge is 2.40. The molecular formula is C11H12F6N2O4S. The molecule has 0 saturated carbocycles. The molecule has 0 aliphatic rings. The van der Waals surface area contributed by atoms with Gasteiger partial charge >= 0.3 is 12.1 Å². The first-order valence-corrected chi connectivity index (χ1v) is 7.63. The number of sulfonamides is 1. The number of esters is 1. The average molecular weight is 382 g/mol. The lowest BCUT2D eigenvalue weighted by Gasteiger charge is -2.16. The summed E-state index contributed by atoms with van der Waals surface area (Å²) in [6, 6.07) is -2.57. The van der Waals surface area contributed by atoms with Gasteiger partial charge in [-0.25, -0.2) is 26.4 Å². The van der Waals surface area contributed by atoms with E-state index in [0.29, 0.717) is 13.1 Å². The Hall–Kier alpha value is -1.76. The van der Waals surface area contributed by atoms with Crippen LogP contribution >= 0.6 is 0 Å². The van der Waals surface area contributed by atoms with Gasteiger partial charge in [-0.2, -0.15) is 17.9 Å². The van der Waals surface area contributed by atoms with E-state index >= 15 is 0 Å². The van der Waals surface area contributed by atoms with Crippen LogP contribution in [-0.4, -0.2) is 44.7 Å². The van der Waals surface area contributed by atoms with Crippen LogP contribution in [0.2, 0.25) is 0 Å². The number of carbonyl (C=O) groups is 1. The van der Waals surface area contributed by atoms with Gasteiger partial charge in [-0.1, -0.05) is 0 Å². The van der Waals surface area contributed by atoms with E-state index in [2.05, 4.69) is 4.74 Å². The van der Waals surface area contributed by atoms with E-state index < -0.39 is 57.6 Å². The average Bonchev–Trinajstić information content (AvgIpc) is 2.73. The lowest BCUT2D eigenvalue weighted by atomic mass is 10.4. The molecule has 0 saturated heterocycles. The van der Waals surface area contributed by atoms with Crippen LogP contribution in [0.15, 0.2) is 11.1 Å². The maximum absolute atomic E-state index is 14.2. The summed E-state index contributed by atoms with van der Waals surface area (Å²) in [6.07, 6.45) is -7.74. The van der Waals surface area contributed by atoms with Gasteiger partial charge in [-0.3, -0.25) is 0 Å². The summed E-state index contributed by atoms with van der Waals surface area (Å²) in [5, 5.41) is 0. The molecule has 1 aromatic rings. The number of nitrogens with zero attached hydrogens (tertiary/aromatic N) is 1. The third-order valence-corrected chi connectivity index (χ3v) is 4.34. The number of ether oxygens (including phenoxy) is 1. The highest BCUT2D eigenvalue weighted by molar-refractivity contribution is 7.89. The fraction of sp³-hybridized carbons (Fsp3) is 0.545. The molecule has 0 fully saturated rings. The second kappa shape index (κ2) is 7.01. The molecule has 0 aromatic carbocycles. The molecular weight excluding hydrogens is 370 g/mol. The predicted octanol–water partition coefficient (Wildman–Crippen LogP) is 1.91. The first-order valence-electron chi connectivity index (χ1n) is 6.15. The van der Waals surface area contributed by atoms with Gasteiger partial charge in [-0.05, 0) is 6.92 Å². The van der Waals surface area contributed by atoms with E-state index in [0.717, 1.165) is 11.8 Å². The predicted molar refractivity (Wildman–Crippen MR) is 67.6 cm³/mol. The highest BCUT2D eigenvalue weighted by atomic mass is 32.2. The van der Waals surface area contributed by atoms with Gasteiger partial charge in [0.1, 0.15) is 10.9 Å². The molecule has 0 radical (unpaired) electrons. The molecule has 1 rings (SSSR count). The molecule has 24 heavy (non-hydrogen) atoms. The van der Waals surface area contributed by atoms with E-state index in [-0.39, 0.29) is 4.57 Å². The van der Waals surface area contributed by atoms with Crippen LogP contribution in [0.25, 0.3) is 0 Å². The van der Waals surface area contributed by atoms with Crippen LogP contribution in [0.3, 0.4) is 0 Å². The number of hydrogen-bond donors (Lipinski definition) is 1. The zero-order chi connectivity index (χ0) is 18.9. The van der Waals surface area contributed by atoms with E-state index in [1.807, 2.05) is 0 Å². The Balaban J connectivity index is 3.38. The number of hydrogen-bond acceptors (Lipinski definition) is 4. The van der Waals surface area contributed by atoms with Crippen molar-refractivity contribution in [2.24, 2.45) is 0 Å². The van der Waals surface area contributed by atoms with Crippen LogP contribution in [0.1, 0.15) is 17.4 Å². The van der Waals surface area contributed by atoms with Crippen LogP contribution < -0.4 is 4.72 Å². The first kappa shape index (κ1) is 20.3. The zero-order valence-electron chi connectivity index (χ0n) is 12.2. The van der Waals surface area contributed by atoms with Gasteiger partial charge in [0.15, 0.2) is 11.5 Å². The second-order valence-corrected chi connectivity index (χ2v) is 6.26. The standard InChI is InChI=1S/C11H12F6N2O4S/c1-5(11(15,16)17)18-24(21,22)6-3-19(4-7(12)13)9(8(6)14)10(20)23-2/h3,5,7,18H,4H2,1-2H3/t5-/m1/s1. The van der Waals surface area contributed by atoms with Gasteiger partial charge < -0.3 is 9.30 Å². The number of aromatic nitrogens is 1. The molecule has 6 nitrogen and oxygen atoms in total. The molecule has 0 aliphatic carbocycles. The molecule has 138 valence electrons. The molecule has 1 aromatic heterocycles. The third kappa shape index (κ3) is 4.41. The Labute approximate surface area is 132 Å².